The van der Waals surface area contributed by atoms with Crippen molar-refractivity contribution in [2.75, 3.05) is 31.0 Å². The van der Waals surface area contributed by atoms with Gasteiger partial charge in [0.15, 0.2) is 0 Å². The Labute approximate surface area is 110 Å². The molecule has 2 heterocycles. The Morgan fingerprint density at radius 3 is 2.78 bits per heavy atom. The monoisotopic (exact) mass is 267 g/mol. The molecule has 4 nitrogen and oxygen atoms in total. The quantitative estimate of drug-likeness (QED) is 0.765. The van der Waals surface area contributed by atoms with Gasteiger partial charge in [-0.15, -0.1) is 11.6 Å². The third-order valence-electron chi connectivity index (χ3n) is 3.53. The van der Waals surface area contributed by atoms with Gasteiger partial charge in [-0.3, -0.25) is 4.79 Å². The third-order valence-corrected chi connectivity index (χ3v) is 3.88. The molecule has 0 aromatic heterocycles. The van der Waals surface area contributed by atoms with Gasteiger partial charge in [0.2, 0.25) is 11.7 Å². The summed E-state index contributed by atoms with van der Waals surface area (Å²) in [4.78, 5) is 13.3. The van der Waals surface area contributed by atoms with Crippen LogP contribution in [-0.4, -0.2) is 32.0 Å². The summed E-state index contributed by atoms with van der Waals surface area (Å²) in [7, 11) is 1.79. The summed E-state index contributed by atoms with van der Waals surface area (Å²) in [5.41, 5.74) is 2.84. The molecular weight excluding hydrogens is 254 g/mol. The minimum Gasteiger partial charge on any atom is -0.342 e. The van der Waals surface area contributed by atoms with Crippen molar-refractivity contribution in [2.45, 2.75) is 12.2 Å². The van der Waals surface area contributed by atoms with Crippen LogP contribution in [0.15, 0.2) is 18.2 Å². The molecule has 1 aromatic rings. The van der Waals surface area contributed by atoms with Crippen LogP contribution >= 0.6 is 11.6 Å². The summed E-state index contributed by atoms with van der Waals surface area (Å²) >= 11 is 5.98. The van der Waals surface area contributed by atoms with Crippen LogP contribution in [0.4, 0.5) is 5.69 Å². The van der Waals surface area contributed by atoms with E-state index >= 15 is 0 Å². The van der Waals surface area contributed by atoms with E-state index in [-0.39, 0.29) is 11.8 Å². The van der Waals surface area contributed by atoms with Gasteiger partial charge in [-0.25, -0.2) is 0 Å². The topological polar surface area (TPSA) is 38.8 Å². The maximum Gasteiger partial charge on any atom is 0.231 e. The molecule has 0 atom stereocenters. The van der Waals surface area contributed by atoms with Crippen molar-refractivity contribution >= 4 is 23.2 Å². The highest BCUT2D eigenvalue weighted by Crippen LogP contribution is 2.37. The number of hydrogen-bond donors (Lipinski definition) is 0. The minimum absolute atomic E-state index is 0.107. The van der Waals surface area contributed by atoms with Crippen molar-refractivity contribution in [1.29, 1.82) is 0 Å². The van der Waals surface area contributed by atoms with Gasteiger partial charge >= 0.3 is 0 Å². The highest BCUT2D eigenvalue weighted by atomic mass is 35.5. The summed E-state index contributed by atoms with van der Waals surface area (Å²) in [5, 5.41) is 0. The molecule has 3 rings (SSSR count). The standard InChI is InChI=1S/C13H14ClNO3/c1-15-11-3-2-10(6-9(11)7-12(15)16)13(8-14)17-4-5-18-13/h2-3,6H,4-5,7-8H2,1H3. The fourth-order valence-electron chi connectivity index (χ4n) is 2.48. The number of nitrogens with zero attached hydrogens (tertiary/aromatic N) is 1. The van der Waals surface area contributed by atoms with Crippen LogP contribution < -0.4 is 4.90 Å². The molecular formula is C13H14ClNO3. The van der Waals surface area contributed by atoms with E-state index < -0.39 is 5.79 Å². The molecule has 0 radical (unpaired) electrons. The molecule has 1 amide bonds. The SMILES string of the molecule is CN1C(=O)Cc2cc(C3(CCl)OCCO3)ccc21. The van der Waals surface area contributed by atoms with Crippen LogP contribution in [-0.2, 0) is 26.5 Å². The number of benzene rings is 1. The van der Waals surface area contributed by atoms with Crippen LogP contribution in [0.25, 0.3) is 0 Å². The van der Waals surface area contributed by atoms with E-state index in [0.717, 1.165) is 16.8 Å². The lowest BCUT2D eigenvalue weighted by molar-refractivity contribution is -0.146. The lowest BCUT2D eigenvalue weighted by Gasteiger charge is -2.25. The smallest absolute Gasteiger partial charge is 0.231 e. The molecule has 5 heteroatoms. The Bertz CT molecular complexity index is 497. The van der Waals surface area contributed by atoms with Gasteiger partial charge in [-0.2, -0.15) is 0 Å². The van der Waals surface area contributed by atoms with Crippen LogP contribution in [0.5, 0.6) is 0 Å². The number of fused-ring (bicyclic) bond motifs is 1. The van der Waals surface area contributed by atoms with Crippen LogP contribution in [0, 0.1) is 0 Å². The predicted octanol–water partition coefficient (Wildman–Crippen LogP) is 1.64. The summed E-state index contributed by atoms with van der Waals surface area (Å²) in [6.45, 7) is 1.09. The molecule has 0 bridgehead atoms. The van der Waals surface area contributed by atoms with Crippen LogP contribution in [0.3, 0.4) is 0 Å². The Morgan fingerprint density at radius 2 is 2.11 bits per heavy atom. The number of likely N-dealkylation sites (N-methyl/N-ethyl adjacent to an activating group) is 1. The number of ether oxygens (including phenoxy) is 2. The van der Waals surface area contributed by atoms with Gasteiger partial charge in [0.1, 0.15) is 0 Å². The first-order valence-corrected chi connectivity index (χ1v) is 6.43. The maximum atomic E-state index is 11.7. The van der Waals surface area contributed by atoms with E-state index in [1.54, 1.807) is 11.9 Å². The van der Waals surface area contributed by atoms with E-state index in [1.807, 2.05) is 18.2 Å². The molecule has 1 aromatic carbocycles. The van der Waals surface area contributed by atoms with Gasteiger partial charge in [0, 0.05) is 18.3 Å². The van der Waals surface area contributed by atoms with Gasteiger partial charge in [0.05, 0.1) is 25.5 Å². The zero-order chi connectivity index (χ0) is 12.8. The third kappa shape index (κ3) is 1.64. The fourth-order valence-corrected chi connectivity index (χ4v) is 2.79. The van der Waals surface area contributed by atoms with Gasteiger partial charge in [-0.1, -0.05) is 6.07 Å². The zero-order valence-electron chi connectivity index (χ0n) is 10.1. The number of carbonyl (C=O) groups excluding carboxylic acids is 1. The first-order valence-electron chi connectivity index (χ1n) is 5.90. The van der Waals surface area contributed by atoms with Gasteiger partial charge in [-0.05, 0) is 17.7 Å². The summed E-state index contributed by atoms with van der Waals surface area (Å²) in [6, 6.07) is 5.81. The Kier molecular flexibility index (Phi) is 2.81. The average Bonchev–Trinajstić information content (AvgIpc) is 2.96. The lowest BCUT2D eigenvalue weighted by Crippen LogP contribution is -2.29. The predicted molar refractivity (Wildman–Crippen MR) is 67.9 cm³/mol. The van der Waals surface area contributed by atoms with Crippen LogP contribution in [0.1, 0.15) is 11.1 Å². The zero-order valence-corrected chi connectivity index (χ0v) is 10.9. The summed E-state index contributed by atoms with van der Waals surface area (Å²) in [6.07, 6.45) is 0.429. The van der Waals surface area contributed by atoms with Crippen molar-refractivity contribution in [3.8, 4) is 0 Å². The van der Waals surface area contributed by atoms with Crippen LogP contribution in [0.2, 0.25) is 0 Å². The molecule has 2 aliphatic rings. The first kappa shape index (κ1) is 12.0. The van der Waals surface area contributed by atoms with E-state index in [1.165, 1.54) is 0 Å². The second-order valence-electron chi connectivity index (χ2n) is 4.56. The van der Waals surface area contributed by atoms with Crippen molar-refractivity contribution in [3.05, 3.63) is 29.3 Å². The molecule has 0 N–H and O–H groups in total. The average molecular weight is 268 g/mol. The van der Waals surface area contributed by atoms with Crippen molar-refractivity contribution in [1.82, 2.24) is 0 Å². The Morgan fingerprint density at radius 1 is 1.39 bits per heavy atom. The molecule has 18 heavy (non-hydrogen) atoms. The molecule has 0 saturated carbocycles. The maximum absolute atomic E-state index is 11.7. The molecule has 1 fully saturated rings. The number of alkyl halides is 1. The van der Waals surface area contributed by atoms with Crippen molar-refractivity contribution in [3.63, 3.8) is 0 Å². The summed E-state index contributed by atoms with van der Waals surface area (Å²) < 4.78 is 11.3. The fraction of sp³-hybridized carbons (Fsp3) is 0.462. The number of halogens is 1. The Balaban J connectivity index is 2.01. The highest BCUT2D eigenvalue weighted by Gasteiger charge is 2.39. The minimum atomic E-state index is -0.846. The van der Waals surface area contributed by atoms with E-state index in [2.05, 4.69) is 0 Å². The largest absolute Gasteiger partial charge is 0.342 e. The molecule has 0 aliphatic carbocycles. The second-order valence-corrected chi connectivity index (χ2v) is 4.82. The van der Waals surface area contributed by atoms with E-state index in [0.29, 0.717) is 19.6 Å². The lowest BCUT2D eigenvalue weighted by atomic mass is 10.0. The Hall–Kier alpha value is -1.10. The second kappa shape index (κ2) is 4.23. The molecule has 96 valence electrons. The molecule has 2 aliphatic heterocycles. The van der Waals surface area contributed by atoms with Crippen molar-refractivity contribution < 1.29 is 14.3 Å². The van der Waals surface area contributed by atoms with Crippen molar-refractivity contribution in [2.24, 2.45) is 0 Å². The summed E-state index contributed by atoms with van der Waals surface area (Å²) in [5.74, 6) is -0.494. The number of rotatable bonds is 2. The highest BCUT2D eigenvalue weighted by molar-refractivity contribution is 6.18. The van der Waals surface area contributed by atoms with Gasteiger partial charge < -0.3 is 14.4 Å². The number of carbonyl (C=O) groups is 1. The van der Waals surface area contributed by atoms with E-state index in [4.69, 9.17) is 21.1 Å². The number of hydrogen-bond acceptors (Lipinski definition) is 3. The molecule has 0 spiro atoms. The molecule has 1 saturated heterocycles. The number of anilines is 1. The first-order chi connectivity index (χ1) is 8.66. The normalized spacial score (nSPS) is 21.4. The number of amides is 1. The van der Waals surface area contributed by atoms with E-state index in [9.17, 15) is 4.79 Å². The molecule has 0 unspecified atom stereocenters. The van der Waals surface area contributed by atoms with Gasteiger partial charge in [0.25, 0.3) is 0 Å².